The Hall–Kier alpha value is -2.32. The molecule has 1 aromatic heterocycles. The van der Waals surface area contributed by atoms with Crippen molar-refractivity contribution in [3.05, 3.63) is 52.2 Å². The highest BCUT2D eigenvalue weighted by Gasteiger charge is 2.10. The summed E-state index contributed by atoms with van der Waals surface area (Å²) in [6, 6.07) is 5.84. The van der Waals surface area contributed by atoms with E-state index in [4.69, 9.17) is 0 Å². The lowest BCUT2D eigenvalue weighted by atomic mass is 10.1. The first kappa shape index (κ1) is 14.1. The quantitative estimate of drug-likeness (QED) is 0.438. The fourth-order valence-electron chi connectivity index (χ4n) is 1.68. The molecule has 1 unspecified atom stereocenters. The van der Waals surface area contributed by atoms with Crippen LogP contribution in [0.4, 0.5) is 5.69 Å². The summed E-state index contributed by atoms with van der Waals surface area (Å²) in [4.78, 5) is 13.9. The monoisotopic (exact) mass is 278 g/mol. The van der Waals surface area contributed by atoms with Gasteiger partial charge in [-0.2, -0.15) is 4.98 Å². The number of benzene rings is 1. The van der Waals surface area contributed by atoms with Crippen molar-refractivity contribution in [2.24, 2.45) is 0 Å². The van der Waals surface area contributed by atoms with Crippen LogP contribution in [0.15, 0.2) is 35.2 Å². The van der Waals surface area contributed by atoms with E-state index in [0.717, 1.165) is 0 Å². The summed E-state index contributed by atoms with van der Waals surface area (Å²) in [6.45, 7) is 0.944. The molecule has 0 spiro atoms. The van der Waals surface area contributed by atoms with Gasteiger partial charge in [-0.15, -0.1) is 0 Å². The largest absolute Gasteiger partial charge is 0.387 e. The minimum absolute atomic E-state index is 0.00557. The lowest BCUT2D eigenvalue weighted by Gasteiger charge is -2.11. The number of nitrogens with zero attached hydrogens (tertiary/aromatic N) is 3. The molecule has 0 radical (unpaired) electrons. The summed E-state index contributed by atoms with van der Waals surface area (Å²) in [5.41, 5.74) is 0.633. The van der Waals surface area contributed by atoms with Gasteiger partial charge in [-0.3, -0.25) is 10.1 Å². The van der Waals surface area contributed by atoms with E-state index in [1.54, 1.807) is 12.1 Å². The van der Waals surface area contributed by atoms with Crippen LogP contribution in [0.1, 0.15) is 17.5 Å². The molecule has 0 saturated carbocycles. The zero-order chi connectivity index (χ0) is 14.4. The van der Waals surface area contributed by atoms with Gasteiger partial charge in [0, 0.05) is 31.6 Å². The number of nitro benzene ring substituents is 1. The van der Waals surface area contributed by atoms with Crippen LogP contribution >= 0.6 is 0 Å². The molecule has 1 atom stereocenters. The molecule has 20 heavy (non-hydrogen) atoms. The first-order valence-electron chi connectivity index (χ1n) is 6.05. The van der Waals surface area contributed by atoms with Crippen LogP contribution in [-0.2, 0) is 6.42 Å². The normalized spacial score (nSPS) is 12.2. The van der Waals surface area contributed by atoms with Gasteiger partial charge >= 0.3 is 0 Å². The number of hydrogen-bond acceptors (Lipinski definition) is 7. The summed E-state index contributed by atoms with van der Waals surface area (Å²) in [6.07, 6.45) is 1.14. The van der Waals surface area contributed by atoms with E-state index in [-0.39, 0.29) is 5.69 Å². The van der Waals surface area contributed by atoms with Gasteiger partial charge in [-0.05, 0) is 17.7 Å². The Labute approximate surface area is 114 Å². The summed E-state index contributed by atoms with van der Waals surface area (Å²) in [5.74, 6) is 0.599. The molecule has 8 heteroatoms. The zero-order valence-corrected chi connectivity index (χ0v) is 10.6. The van der Waals surface area contributed by atoms with Crippen LogP contribution in [0, 0.1) is 10.1 Å². The Morgan fingerprint density at radius 2 is 2.15 bits per heavy atom. The standard InChI is InChI=1S/C12H14N4O4/c17-11(7-13-6-5-12-14-8-20-15-12)9-1-3-10(4-2-9)16(18)19/h1-4,8,11,13,17H,5-7H2. The van der Waals surface area contributed by atoms with Gasteiger partial charge in [0.25, 0.3) is 5.69 Å². The molecule has 0 amide bonds. The average Bonchev–Trinajstić information content (AvgIpc) is 2.96. The van der Waals surface area contributed by atoms with Crippen LogP contribution in [0.25, 0.3) is 0 Å². The van der Waals surface area contributed by atoms with E-state index >= 15 is 0 Å². The van der Waals surface area contributed by atoms with Gasteiger partial charge in [0.05, 0.1) is 11.0 Å². The number of aliphatic hydroxyl groups is 1. The Morgan fingerprint density at radius 3 is 2.75 bits per heavy atom. The number of hydrogen-bond donors (Lipinski definition) is 2. The van der Waals surface area contributed by atoms with E-state index < -0.39 is 11.0 Å². The minimum atomic E-state index is -0.721. The van der Waals surface area contributed by atoms with Crippen molar-refractivity contribution in [2.75, 3.05) is 13.1 Å². The molecule has 0 aliphatic rings. The van der Waals surface area contributed by atoms with Gasteiger partial charge < -0.3 is 14.9 Å². The molecular formula is C12H14N4O4. The lowest BCUT2D eigenvalue weighted by molar-refractivity contribution is -0.384. The van der Waals surface area contributed by atoms with Crippen molar-refractivity contribution >= 4 is 5.69 Å². The lowest BCUT2D eigenvalue weighted by Crippen LogP contribution is -2.24. The Kier molecular flexibility index (Phi) is 4.75. The third-order valence-electron chi connectivity index (χ3n) is 2.76. The van der Waals surface area contributed by atoms with Gasteiger partial charge in [-0.25, -0.2) is 0 Å². The summed E-state index contributed by atoms with van der Waals surface area (Å²) in [7, 11) is 0. The third-order valence-corrected chi connectivity index (χ3v) is 2.76. The molecule has 1 heterocycles. The Bertz CT molecular complexity index is 541. The predicted molar refractivity (Wildman–Crippen MR) is 68.9 cm³/mol. The SMILES string of the molecule is O=[N+]([O-])c1ccc(C(O)CNCCc2ncon2)cc1. The highest BCUT2D eigenvalue weighted by molar-refractivity contribution is 5.33. The number of aromatic nitrogens is 2. The summed E-state index contributed by atoms with van der Waals surface area (Å²) in [5, 5.41) is 27.2. The first-order chi connectivity index (χ1) is 9.66. The molecule has 8 nitrogen and oxygen atoms in total. The summed E-state index contributed by atoms with van der Waals surface area (Å²) < 4.78 is 4.60. The maximum Gasteiger partial charge on any atom is 0.269 e. The molecule has 0 aliphatic heterocycles. The van der Waals surface area contributed by atoms with Gasteiger partial charge in [0.15, 0.2) is 5.82 Å². The van der Waals surface area contributed by atoms with Crippen molar-refractivity contribution in [1.82, 2.24) is 15.5 Å². The average molecular weight is 278 g/mol. The van der Waals surface area contributed by atoms with E-state index in [2.05, 4.69) is 20.0 Å². The fourth-order valence-corrected chi connectivity index (χ4v) is 1.68. The van der Waals surface area contributed by atoms with E-state index in [1.807, 2.05) is 0 Å². The Balaban J connectivity index is 1.76. The number of nitro groups is 1. The molecule has 106 valence electrons. The number of non-ortho nitro benzene ring substituents is 1. The molecule has 0 aliphatic carbocycles. The molecule has 0 fully saturated rings. The maximum absolute atomic E-state index is 10.5. The summed E-state index contributed by atoms with van der Waals surface area (Å²) >= 11 is 0. The van der Waals surface area contributed by atoms with Crippen LogP contribution in [0.5, 0.6) is 0 Å². The highest BCUT2D eigenvalue weighted by atomic mass is 16.6. The number of rotatable bonds is 7. The molecule has 2 rings (SSSR count). The third kappa shape index (κ3) is 3.84. The van der Waals surface area contributed by atoms with Gasteiger partial charge in [0.2, 0.25) is 6.39 Å². The molecule has 1 aromatic carbocycles. The second-order valence-corrected chi connectivity index (χ2v) is 4.17. The van der Waals surface area contributed by atoms with Crippen molar-refractivity contribution in [1.29, 1.82) is 0 Å². The van der Waals surface area contributed by atoms with Gasteiger partial charge in [-0.1, -0.05) is 5.16 Å². The zero-order valence-electron chi connectivity index (χ0n) is 10.6. The van der Waals surface area contributed by atoms with Crippen LogP contribution in [0.2, 0.25) is 0 Å². The predicted octanol–water partition coefficient (Wildman–Crippen LogP) is 0.844. The van der Waals surface area contributed by atoms with Crippen molar-refractivity contribution < 1.29 is 14.6 Å². The topological polar surface area (TPSA) is 114 Å². The molecule has 2 N–H and O–H groups in total. The van der Waals surface area contributed by atoms with Crippen LogP contribution in [-0.4, -0.2) is 33.3 Å². The first-order valence-corrected chi connectivity index (χ1v) is 6.05. The van der Waals surface area contributed by atoms with E-state index in [9.17, 15) is 15.2 Å². The van der Waals surface area contributed by atoms with Gasteiger partial charge in [0.1, 0.15) is 0 Å². The van der Waals surface area contributed by atoms with Crippen LogP contribution in [0.3, 0.4) is 0 Å². The van der Waals surface area contributed by atoms with Crippen molar-refractivity contribution in [3.63, 3.8) is 0 Å². The molecule has 0 bridgehead atoms. The minimum Gasteiger partial charge on any atom is -0.387 e. The number of nitrogens with one attached hydrogen (secondary N) is 1. The van der Waals surface area contributed by atoms with Crippen molar-refractivity contribution in [3.8, 4) is 0 Å². The molecule has 0 saturated heterocycles. The second kappa shape index (κ2) is 6.73. The van der Waals surface area contributed by atoms with Crippen molar-refractivity contribution in [2.45, 2.75) is 12.5 Å². The maximum atomic E-state index is 10.5. The fraction of sp³-hybridized carbons (Fsp3) is 0.333. The molecular weight excluding hydrogens is 264 g/mol. The number of aliphatic hydroxyl groups excluding tert-OH is 1. The van der Waals surface area contributed by atoms with E-state index in [1.165, 1.54) is 18.5 Å². The van der Waals surface area contributed by atoms with E-state index in [0.29, 0.717) is 30.9 Å². The highest BCUT2D eigenvalue weighted by Crippen LogP contribution is 2.17. The van der Waals surface area contributed by atoms with Crippen LogP contribution < -0.4 is 5.32 Å². The molecule has 2 aromatic rings. The Morgan fingerprint density at radius 1 is 1.40 bits per heavy atom. The second-order valence-electron chi connectivity index (χ2n) is 4.17. The smallest absolute Gasteiger partial charge is 0.269 e.